The Balaban J connectivity index is 1.28. The summed E-state index contributed by atoms with van der Waals surface area (Å²) < 4.78 is 25.7. The highest BCUT2D eigenvalue weighted by molar-refractivity contribution is 6.16. The lowest BCUT2D eigenvalue weighted by atomic mass is 9.73. The number of nitrogens with zero attached hydrogens (tertiary/aromatic N) is 1. The van der Waals surface area contributed by atoms with E-state index >= 15 is 0 Å². The summed E-state index contributed by atoms with van der Waals surface area (Å²) in [5, 5.41) is 11.4. The van der Waals surface area contributed by atoms with Gasteiger partial charge in [0.15, 0.2) is 5.78 Å². The smallest absolute Gasteiger partial charge is 0.163 e. The van der Waals surface area contributed by atoms with Gasteiger partial charge in [-0.15, -0.1) is 0 Å². The fraction of sp³-hybridized carbons (Fsp3) is 0.394. The summed E-state index contributed by atoms with van der Waals surface area (Å²) in [7, 11) is 1.51. The van der Waals surface area contributed by atoms with Crippen LogP contribution in [0, 0.1) is 11.7 Å². The average molecular weight is 530 g/mol. The van der Waals surface area contributed by atoms with E-state index < -0.39 is 5.60 Å². The van der Waals surface area contributed by atoms with E-state index in [0.29, 0.717) is 42.7 Å². The maximum atomic E-state index is 14.6. The Morgan fingerprint density at radius 3 is 2.69 bits per heavy atom. The SMILES string of the molecule is COc1cccc(F)c1C[C@@]1(O)CCC[C@@H](CC(=O)c2ccc3c(c2)C(c2ccc(OC(C)C)cc2)=NC3)C1. The van der Waals surface area contributed by atoms with Crippen molar-refractivity contribution in [3.63, 3.8) is 0 Å². The maximum Gasteiger partial charge on any atom is 0.163 e. The summed E-state index contributed by atoms with van der Waals surface area (Å²) in [6, 6.07) is 18.5. The van der Waals surface area contributed by atoms with Gasteiger partial charge in [-0.25, -0.2) is 4.39 Å². The molecule has 6 heteroatoms. The molecule has 1 aliphatic carbocycles. The molecule has 5 nitrogen and oxygen atoms in total. The molecule has 3 aromatic rings. The number of ether oxygens (including phenoxy) is 2. The van der Waals surface area contributed by atoms with Gasteiger partial charge in [-0.2, -0.15) is 0 Å². The average Bonchev–Trinajstić information content (AvgIpc) is 3.33. The van der Waals surface area contributed by atoms with Gasteiger partial charge in [0, 0.05) is 35.1 Å². The van der Waals surface area contributed by atoms with Crippen molar-refractivity contribution in [2.24, 2.45) is 10.9 Å². The quantitative estimate of drug-likeness (QED) is 0.313. The Bertz CT molecular complexity index is 1380. The van der Waals surface area contributed by atoms with Gasteiger partial charge < -0.3 is 14.6 Å². The molecule has 0 aromatic heterocycles. The number of hydrogen-bond donors (Lipinski definition) is 1. The second-order valence-electron chi connectivity index (χ2n) is 11.1. The van der Waals surface area contributed by atoms with Crippen LogP contribution in [0.4, 0.5) is 4.39 Å². The van der Waals surface area contributed by atoms with E-state index in [0.717, 1.165) is 41.0 Å². The summed E-state index contributed by atoms with van der Waals surface area (Å²) >= 11 is 0. The zero-order valence-corrected chi connectivity index (χ0v) is 22.9. The molecule has 0 radical (unpaired) electrons. The van der Waals surface area contributed by atoms with Crippen LogP contribution in [0.25, 0.3) is 0 Å². The Morgan fingerprint density at radius 2 is 1.95 bits per heavy atom. The van der Waals surface area contributed by atoms with Gasteiger partial charge in [-0.05, 0) is 87.1 Å². The minimum Gasteiger partial charge on any atom is -0.496 e. The Morgan fingerprint density at radius 1 is 1.15 bits per heavy atom. The molecule has 39 heavy (non-hydrogen) atoms. The zero-order chi connectivity index (χ0) is 27.6. The van der Waals surface area contributed by atoms with Crippen LogP contribution in [-0.2, 0) is 13.0 Å². The van der Waals surface area contributed by atoms with E-state index in [-0.39, 0.29) is 30.0 Å². The molecule has 3 aromatic carbocycles. The highest BCUT2D eigenvalue weighted by atomic mass is 19.1. The number of Topliss-reactive ketones (excluding diaryl/α,β-unsaturated/α-hetero) is 1. The van der Waals surface area contributed by atoms with E-state index in [2.05, 4.69) is 0 Å². The van der Waals surface area contributed by atoms with E-state index in [1.807, 2.05) is 56.3 Å². The molecular weight excluding hydrogens is 493 g/mol. The Labute approximate surface area is 229 Å². The number of fused-ring (bicyclic) bond motifs is 1. The predicted octanol–water partition coefficient (Wildman–Crippen LogP) is 6.71. The number of carbonyl (C=O) groups is 1. The molecule has 0 spiro atoms. The number of hydrogen-bond acceptors (Lipinski definition) is 5. The number of halogens is 1. The van der Waals surface area contributed by atoms with Crippen molar-refractivity contribution in [1.82, 2.24) is 0 Å². The van der Waals surface area contributed by atoms with Crippen molar-refractivity contribution in [2.75, 3.05) is 7.11 Å². The third-order valence-electron chi connectivity index (χ3n) is 7.79. The van der Waals surface area contributed by atoms with Gasteiger partial charge in [0.2, 0.25) is 0 Å². The fourth-order valence-electron chi connectivity index (χ4n) is 5.97. The molecule has 0 amide bonds. The molecule has 1 saturated carbocycles. The van der Waals surface area contributed by atoms with Gasteiger partial charge >= 0.3 is 0 Å². The van der Waals surface area contributed by atoms with Gasteiger partial charge in [0.25, 0.3) is 0 Å². The molecule has 0 unspecified atom stereocenters. The summed E-state index contributed by atoms with van der Waals surface area (Å²) in [4.78, 5) is 18.2. The summed E-state index contributed by atoms with van der Waals surface area (Å²) in [5.41, 5.74) is 3.97. The van der Waals surface area contributed by atoms with E-state index in [4.69, 9.17) is 14.5 Å². The third-order valence-corrected chi connectivity index (χ3v) is 7.79. The molecule has 1 heterocycles. The van der Waals surface area contributed by atoms with Gasteiger partial charge in [-0.1, -0.05) is 24.6 Å². The van der Waals surface area contributed by atoms with Crippen molar-refractivity contribution in [3.05, 3.63) is 94.3 Å². The first-order valence-corrected chi connectivity index (χ1v) is 13.8. The zero-order valence-electron chi connectivity index (χ0n) is 22.9. The second-order valence-corrected chi connectivity index (χ2v) is 11.1. The minimum atomic E-state index is -1.07. The lowest BCUT2D eigenvalue weighted by Crippen LogP contribution is -2.38. The summed E-state index contributed by atoms with van der Waals surface area (Å²) in [5.74, 6) is 0.974. The minimum absolute atomic E-state index is 0.0314. The van der Waals surface area contributed by atoms with E-state index in [9.17, 15) is 14.3 Å². The molecule has 0 saturated heterocycles. The monoisotopic (exact) mass is 529 g/mol. The number of benzene rings is 3. The number of carbonyl (C=O) groups excluding carboxylic acids is 1. The van der Waals surface area contributed by atoms with Crippen LogP contribution in [-0.4, -0.2) is 35.4 Å². The number of rotatable bonds is 9. The van der Waals surface area contributed by atoms with Crippen LogP contribution in [0.1, 0.15) is 78.6 Å². The van der Waals surface area contributed by atoms with Crippen molar-refractivity contribution in [1.29, 1.82) is 0 Å². The number of ketones is 1. The topological polar surface area (TPSA) is 68.1 Å². The standard InChI is InChI=1S/C33H36FNO4/c1-21(2)39-26-13-11-23(12-14-26)32-27-17-24(9-10-25(27)20-35-32)30(36)16-22-6-5-15-33(37,18-22)19-28-29(34)7-4-8-31(28)38-3/h4,7-14,17,21-22,37H,5-6,15-16,18-20H2,1-3H3/t22-,33+/m0/s1. The number of methoxy groups -OCH3 is 1. The van der Waals surface area contributed by atoms with Gasteiger partial charge in [0.05, 0.1) is 31.1 Å². The lowest BCUT2D eigenvalue weighted by Gasteiger charge is -2.37. The Kier molecular flexibility index (Phi) is 7.85. The van der Waals surface area contributed by atoms with Crippen molar-refractivity contribution in [2.45, 2.75) is 70.6 Å². The summed E-state index contributed by atoms with van der Waals surface area (Å²) in [6.07, 6.45) is 3.33. The molecule has 1 N–H and O–H groups in total. The molecule has 1 aliphatic heterocycles. The van der Waals surface area contributed by atoms with Crippen molar-refractivity contribution < 1.29 is 23.8 Å². The van der Waals surface area contributed by atoms with E-state index in [1.165, 1.54) is 13.2 Å². The van der Waals surface area contributed by atoms with Crippen LogP contribution >= 0.6 is 0 Å². The first-order chi connectivity index (χ1) is 18.7. The fourth-order valence-corrected chi connectivity index (χ4v) is 5.97. The van der Waals surface area contributed by atoms with Gasteiger partial charge in [-0.3, -0.25) is 9.79 Å². The normalized spacial score (nSPS) is 20.5. The predicted molar refractivity (Wildman–Crippen MR) is 151 cm³/mol. The van der Waals surface area contributed by atoms with E-state index in [1.54, 1.807) is 12.1 Å². The van der Waals surface area contributed by atoms with Crippen LogP contribution in [0.15, 0.2) is 65.7 Å². The maximum absolute atomic E-state index is 14.6. The number of aliphatic hydroxyl groups is 1. The van der Waals surface area contributed by atoms with Gasteiger partial charge in [0.1, 0.15) is 17.3 Å². The van der Waals surface area contributed by atoms with Crippen LogP contribution in [0.5, 0.6) is 11.5 Å². The van der Waals surface area contributed by atoms with Crippen molar-refractivity contribution >= 4 is 11.5 Å². The van der Waals surface area contributed by atoms with Crippen LogP contribution in [0.3, 0.4) is 0 Å². The lowest BCUT2D eigenvalue weighted by molar-refractivity contribution is -0.0168. The molecule has 2 atom stereocenters. The Hall–Kier alpha value is -3.51. The largest absolute Gasteiger partial charge is 0.496 e. The molecule has 5 rings (SSSR count). The first kappa shape index (κ1) is 27.1. The molecule has 204 valence electrons. The second kappa shape index (κ2) is 11.3. The number of aliphatic imine (C=N–C) groups is 1. The third kappa shape index (κ3) is 6.06. The highest BCUT2D eigenvalue weighted by Gasteiger charge is 2.37. The van der Waals surface area contributed by atoms with Crippen LogP contribution < -0.4 is 9.47 Å². The van der Waals surface area contributed by atoms with Crippen LogP contribution in [0.2, 0.25) is 0 Å². The summed E-state index contributed by atoms with van der Waals surface area (Å²) in [6.45, 7) is 4.59. The first-order valence-electron chi connectivity index (χ1n) is 13.8. The molecule has 0 bridgehead atoms. The highest BCUT2D eigenvalue weighted by Crippen LogP contribution is 2.39. The van der Waals surface area contributed by atoms with Crippen molar-refractivity contribution in [3.8, 4) is 11.5 Å². The molecule has 1 fully saturated rings. The molecule has 2 aliphatic rings. The molecular formula is C33H36FNO4.